The number of nitrogens with one attached hydrogen (secondary N) is 1. The number of carbonyl (C=O) groups excluding carboxylic acids is 1. The summed E-state index contributed by atoms with van der Waals surface area (Å²) in [4.78, 5) is 11.3. The molecule has 0 radical (unpaired) electrons. The first-order valence-corrected chi connectivity index (χ1v) is 5.50. The van der Waals surface area contributed by atoms with Crippen molar-refractivity contribution in [2.75, 3.05) is 0 Å². The molecule has 0 bridgehead atoms. The van der Waals surface area contributed by atoms with Gasteiger partial charge in [-0.2, -0.15) is 0 Å². The van der Waals surface area contributed by atoms with Crippen molar-refractivity contribution in [1.29, 1.82) is 0 Å². The van der Waals surface area contributed by atoms with Gasteiger partial charge < -0.3 is 11.1 Å². The van der Waals surface area contributed by atoms with Crippen molar-refractivity contribution in [2.45, 2.75) is 66.0 Å². The fourth-order valence-electron chi connectivity index (χ4n) is 0.700. The van der Waals surface area contributed by atoms with Gasteiger partial charge in [-0.25, -0.2) is 0 Å². The summed E-state index contributed by atoms with van der Waals surface area (Å²) in [6.07, 6.45) is 1.60. The van der Waals surface area contributed by atoms with Gasteiger partial charge in [-0.05, 0) is 26.7 Å². The molecule has 0 aromatic carbocycles. The fraction of sp³-hybridized carbons (Fsp3) is 0.909. The highest BCUT2D eigenvalue weighted by Crippen LogP contribution is 2.06. The average Bonchev–Trinajstić information content (AvgIpc) is 2.19. The largest absolute Gasteiger partial charge is 0.350 e. The maximum atomic E-state index is 11.3. The first-order chi connectivity index (χ1) is 6.43. The van der Waals surface area contributed by atoms with Gasteiger partial charge in [0.1, 0.15) is 0 Å². The van der Waals surface area contributed by atoms with Crippen molar-refractivity contribution >= 4 is 5.91 Å². The van der Waals surface area contributed by atoms with Crippen LogP contribution in [0.5, 0.6) is 0 Å². The van der Waals surface area contributed by atoms with Crippen LogP contribution in [-0.2, 0) is 4.79 Å². The lowest BCUT2D eigenvalue weighted by atomic mass is 10.0. The Morgan fingerprint density at radius 3 is 2.07 bits per heavy atom. The predicted molar refractivity (Wildman–Crippen MR) is 62.1 cm³/mol. The normalized spacial score (nSPS) is 12.5. The summed E-state index contributed by atoms with van der Waals surface area (Å²) < 4.78 is 0. The van der Waals surface area contributed by atoms with Crippen LogP contribution in [0.4, 0.5) is 0 Å². The Bertz CT molecular complexity index is 155. The van der Waals surface area contributed by atoms with Crippen LogP contribution < -0.4 is 11.1 Å². The van der Waals surface area contributed by atoms with Crippen molar-refractivity contribution in [3.05, 3.63) is 0 Å². The van der Waals surface area contributed by atoms with E-state index in [1.165, 1.54) is 0 Å². The Balaban J connectivity index is 0. The van der Waals surface area contributed by atoms with Gasteiger partial charge in [0.05, 0.1) is 6.04 Å². The van der Waals surface area contributed by atoms with Crippen LogP contribution in [-0.4, -0.2) is 17.5 Å². The van der Waals surface area contributed by atoms with Crippen molar-refractivity contribution in [1.82, 2.24) is 5.32 Å². The first kappa shape index (κ1) is 15.9. The molecule has 0 saturated carbocycles. The Morgan fingerprint density at radius 1 is 1.36 bits per heavy atom. The summed E-state index contributed by atoms with van der Waals surface area (Å²) in [6.45, 7) is 11.9. The molecule has 0 aliphatic heterocycles. The molecule has 86 valence electrons. The standard InChI is InChI=1S/C9H20N2O.C2H6/c1-5-7(10)8(12)11-9(3,4)6-2;1-2/h7H,5-6,10H2,1-4H3,(H,11,12);1-2H3. The summed E-state index contributed by atoms with van der Waals surface area (Å²) in [5, 5.41) is 2.89. The summed E-state index contributed by atoms with van der Waals surface area (Å²) in [5.74, 6) is -0.0515. The van der Waals surface area contributed by atoms with Crippen LogP contribution in [0.1, 0.15) is 54.4 Å². The minimum atomic E-state index is -0.365. The van der Waals surface area contributed by atoms with Gasteiger partial charge in [0.25, 0.3) is 0 Å². The molecule has 0 aliphatic carbocycles. The molecule has 0 aromatic rings. The van der Waals surface area contributed by atoms with Gasteiger partial charge in [-0.3, -0.25) is 4.79 Å². The van der Waals surface area contributed by atoms with Crippen LogP contribution in [0.3, 0.4) is 0 Å². The lowest BCUT2D eigenvalue weighted by Gasteiger charge is -2.26. The molecule has 3 N–H and O–H groups in total. The van der Waals surface area contributed by atoms with Crippen molar-refractivity contribution in [2.24, 2.45) is 5.73 Å². The zero-order chi connectivity index (χ0) is 11.8. The third-order valence-corrected chi connectivity index (χ3v) is 2.12. The van der Waals surface area contributed by atoms with Crippen LogP contribution in [0, 0.1) is 0 Å². The highest BCUT2D eigenvalue weighted by Gasteiger charge is 2.20. The second kappa shape index (κ2) is 7.80. The van der Waals surface area contributed by atoms with Gasteiger partial charge in [-0.1, -0.05) is 27.7 Å². The van der Waals surface area contributed by atoms with Crippen molar-refractivity contribution in [3.63, 3.8) is 0 Å². The van der Waals surface area contributed by atoms with E-state index in [2.05, 4.69) is 5.32 Å². The lowest BCUT2D eigenvalue weighted by Crippen LogP contribution is -2.49. The molecule has 1 unspecified atom stereocenters. The summed E-state index contributed by atoms with van der Waals surface area (Å²) in [5.41, 5.74) is 5.43. The maximum Gasteiger partial charge on any atom is 0.237 e. The van der Waals surface area contributed by atoms with Gasteiger partial charge in [0, 0.05) is 5.54 Å². The zero-order valence-corrected chi connectivity index (χ0v) is 10.5. The summed E-state index contributed by atoms with van der Waals surface area (Å²) in [7, 11) is 0. The number of rotatable bonds is 4. The lowest BCUT2D eigenvalue weighted by molar-refractivity contribution is -0.124. The molecule has 1 atom stereocenters. The highest BCUT2D eigenvalue weighted by atomic mass is 16.2. The average molecular weight is 202 g/mol. The Morgan fingerprint density at radius 2 is 1.79 bits per heavy atom. The Labute approximate surface area is 88.4 Å². The predicted octanol–water partition coefficient (Wildman–Crippen LogP) is 2.05. The van der Waals surface area contributed by atoms with Crippen LogP contribution >= 0.6 is 0 Å². The van der Waals surface area contributed by atoms with E-state index in [0.717, 1.165) is 6.42 Å². The third-order valence-electron chi connectivity index (χ3n) is 2.12. The minimum Gasteiger partial charge on any atom is -0.350 e. The van der Waals surface area contributed by atoms with Gasteiger partial charge in [0.2, 0.25) is 5.91 Å². The molecule has 0 rings (SSSR count). The SMILES string of the molecule is CC.CCC(N)C(=O)NC(C)(C)CC. The monoisotopic (exact) mass is 202 g/mol. The Hall–Kier alpha value is -0.570. The first-order valence-electron chi connectivity index (χ1n) is 5.50. The van der Waals surface area contributed by atoms with E-state index in [1.807, 2.05) is 41.5 Å². The number of nitrogens with two attached hydrogens (primary N) is 1. The molecule has 14 heavy (non-hydrogen) atoms. The second-order valence-corrected chi connectivity index (χ2v) is 3.74. The van der Waals surface area contributed by atoms with Crippen molar-refractivity contribution < 1.29 is 4.79 Å². The molecule has 0 spiro atoms. The molecule has 0 aromatic heterocycles. The summed E-state index contributed by atoms with van der Waals surface area (Å²) in [6, 6.07) is -0.365. The van der Waals surface area contributed by atoms with Gasteiger partial charge in [0.15, 0.2) is 0 Å². The van der Waals surface area contributed by atoms with Crippen molar-refractivity contribution in [3.8, 4) is 0 Å². The van der Waals surface area contributed by atoms with E-state index in [9.17, 15) is 4.79 Å². The molecular formula is C11H26N2O. The topological polar surface area (TPSA) is 55.1 Å². The zero-order valence-electron chi connectivity index (χ0n) is 10.5. The number of hydrogen-bond acceptors (Lipinski definition) is 2. The molecule has 3 heteroatoms. The highest BCUT2D eigenvalue weighted by molar-refractivity contribution is 5.82. The van der Waals surface area contributed by atoms with Crippen LogP contribution in [0.25, 0.3) is 0 Å². The van der Waals surface area contributed by atoms with E-state index >= 15 is 0 Å². The molecule has 0 fully saturated rings. The third kappa shape index (κ3) is 6.89. The van der Waals surface area contributed by atoms with E-state index < -0.39 is 0 Å². The van der Waals surface area contributed by atoms with E-state index in [1.54, 1.807) is 0 Å². The van der Waals surface area contributed by atoms with E-state index in [-0.39, 0.29) is 17.5 Å². The van der Waals surface area contributed by atoms with Gasteiger partial charge in [-0.15, -0.1) is 0 Å². The molecule has 0 saturated heterocycles. The Kier molecular flexibility index (Phi) is 8.85. The number of hydrogen-bond donors (Lipinski definition) is 2. The molecule has 0 aliphatic rings. The molecule has 1 amide bonds. The number of amides is 1. The molecule has 0 heterocycles. The van der Waals surface area contributed by atoms with Gasteiger partial charge >= 0.3 is 0 Å². The summed E-state index contributed by atoms with van der Waals surface area (Å²) >= 11 is 0. The smallest absolute Gasteiger partial charge is 0.237 e. The number of carbonyl (C=O) groups is 1. The minimum absolute atomic E-state index is 0.0515. The van der Waals surface area contributed by atoms with Crippen LogP contribution in [0.15, 0.2) is 0 Å². The van der Waals surface area contributed by atoms with Crippen LogP contribution in [0.2, 0.25) is 0 Å². The quantitative estimate of drug-likeness (QED) is 0.733. The maximum absolute atomic E-state index is 11.3. The molecular weight excluding hydrogens is 176 g/mol. The van der Waals surface area contributed by atoms with E-state index in [4.69, 9.17) is 5.73 Å². The van der Waals surface area contributed by atoms with E-state index in [0.29, 0.717) is 6.42 Å². The molecule has 3 nitrogen and oxygen atoms in total. The fourth-order valence-corrected chi connectivity index (χ4v) is 0.700. The second-order valence-electron chi connectivity index (χ2n) is 3.74.